The zero-order chi connectivity index (χ0) is 13.8. The summed E-state index contributed by atoms with van der Waals surface area (Å²) < 4.78 is 1.35. The molecule has 2 aromatic rings. The van der Waals surface area contributed by atoms with Crippen molar-refractivity contribution in [2.75, 3.05) is 0 Å². The van der Waals surface area contributed by atoms with Crippen molar-refractivity contribution in [2.45, 2.75) is 27.2 Å². The van der Waals surface area contributed by atoms with Crippen LogP contribution in [0.4, 0.5) is 0 Å². The molecule has 0 fully saturated rings. The van der Waals surface area contributed by atoms with Crippen molar-refractivity contribution in [1.82, 2.24) is 0 Å². The predicted octanol–water partition coefficient (Wildman–Crippen LogP) is 5.38. The first-order valence-corrected chi connectivity index (χ1v) is 7.29. The number of rotatable bonds is 4. The SMILES string of the molecule is C/C=C\c1c(C)sc2ccc(C/C=C(/C)C=N)cc12. The maximum Gasteiger partial charge on any atom is 0.0351 e. The van der Waals surface area contributed by atoms with Crippen molar-refractivity contribution in [3.63, 3.8) is 0 Å². The molecule has 2 rings (SSSR count). The molecule has 1 N–H and O–H groups in total. The molecule has 0 saturated heterocycles. The van der Waals surface area contributed by atoms with E-state index in [4.69, 9.17) is 5.41 Å². The third kappa shape index (κ3) is 3.02. The number of benzene rings is 1. The first-order chi connectivity index (χ1) is 9.15. The monoisotopic (exact) mass is 269 g/mol. The maximum absolute atomic E-state index is 7.20. The summed E-state index contributed by atoms with van der Waals surface area (Å²) in [5, 5.41) is 8.54. The van der Waals surface area contributed by atoms with E-state index < -0.39 is 0 Å². The van der Waals surface area contributed by atoms with Gasteiger partial charge in [-0.15, -0.1) is 11.3 Å². The van der Waals surface area contributed by atoms with Gasteiger partial charge in [0.2, 0.25) is 0 Å². The van der Waals surface area contributed by atoms with E-state index >= 15 is 0 Å². The third-order valence-corrected chi connectivity index (χ3v) is 4.30. The molecule has 1 aromatic carbocycles. The normalized spacial score (nSPS) is 12.5. The van der Waals surface area contributed by atoms with Crippen LogP contribution >= 0.6 is 11.3 Å². The van der Waals surface area contributed by atoms with Crippen molar-refractivity contribution in [3.8, 4) is 0 Å². The Labute approximate surface area is 118 Å². The maximum atomic E-state index is 7.20. The first kappa shape index (κ1) is 13.8. The zero-order valence-electron chi connectivity index (χ0n) is 11.7. The Morgan fingerprint density at radius 3 is 2.84 bits per heavy atom. The van der Waals surface area contributed by atoms with Crippen LogP contribution in [0.5, 0.6) is 0 Å². The average molecular weight is 269 g/mol. The van der Waals surface area contributed by atoms with E-state index in [9.17, 15) is 0 Å². The van der Waals surface area contributed by atoms with Gasteiger partial charge < -0.3 is 5.41 Å². The number of hydrogen-bond acceptors (Lipinski definition) is 2. The van der Waals surface area contributed by atoms with Gasteiger partial charge in [-0.2, -0.15) is 0 Å². The molecule has 2 heteroatoms. The van der Waals surface area contributed by atoms with Crippen LogP contribution in [-0.2, 0) is 6.42 Å². The molecule has 0 aliphatic carbocycles. The highest BCUT2D eigenvalue weighted by molar-refractivity contribution is 7.19. The lowest BCUT2D eigenvalue weighted by atomic mass is 10.0. The molecule has 0 bridgehead atoms. The van der Waals surface area contributed by atoms with Gasteiger partial charge in [0.05, 0.1) is 0 Å². The van der Waals surface area contributed by atoms with Crippen LogP contribution < -0.4 is 0 Å². The van der Waals surface area contributed by atoms with Crippen molar-refractivity contribution in [1.29, 1.82) is 5.41 Å². The number of fused-ring (bicyclic) bond motifs is 1. The molecule has 0 amide bonds. The predicted molar refractivity (Wildman–Crippen MR) is 87.5 cm³/mol. The largest absolute Gasteiger partial charge is 0.308 e. The highest BCUT2D eigenvalue weighted by Crippen LogP contribution is 2.32. The molecule has 1 aromatic heterocycles. The van der Waals surface area contributed by atoms with Gasteiger partial charge in [-0.05, 0) is 56.0 Å². The molecule has 0 aliphatic heterocycles. The van der Waals surface area contributed by atoms with Crippen molar-refractivity contribution < 1.29 is 0 Å². The lowest BCUT2D eigenvalue weighted by Gasteiger charge is -2.00. The quantitative estimate of drug-likeness (QED) is 0.720. The Bertz CT molecular complexity index is 659. The second-order valence-electron chi connectivity index (χ2n) is 4.70. The average Bonchev–Trinajstić information content (AvgIpc) is 2.72. The van der Waals surface area contributed by atoms with E-state index in [1.807, 2.05) is 18.3 Å². The number of hydrogen-bond donors (Lipinski definition) is 1. The lowest BCUT2D eigenvalue weighted by Crippen LogP contribution is -1.84. The summed E-state index contributed by atoms with van der Waals surface area (Å²) in [4.78, 5) is 1.37. The Hall–Kier alpha value is -1.67. The summed E-state index contributed by atoms with van der Waals surface area (Å²) >= 11 is 1.85. The van der Waals surface area contributed by atoms with Gasteiger partial charge in [0.15, 0.2) is 0 Å². The molecular formula is C17H19NS. The summed E-state index contributed by atoms with van der Waals surface area (Å²) in [6.07, 6.45) is 8.68. The van der Waals surface area contributed by atoms with Crippen LogP contribution in [0.2, 0.25) is 0 Å². The topological polar surface area (TPSA) is 23.9 Å². The second-order valence-corrected chi connectivity index (χ2v) is 5.96. The lowest BCUT2D eigenvalue weighted by molar-refractivity contribution is 1.26. The van der Waals surface area contributed by atoms with Gasteiger partial charge in [-0.3, -0.25) is 0 Å². The number of aryl methyl sites for hydroxylation is 1. The Morgan fingerprint density at radius 2 is 2.16 bits per heavy atom. The number of allylic oxidation sites excluding steroid dienone is 3. The smallest absolute Gasteiger partial charge is 0.0351 e. The van der Waals surface area contributed by atoms with Gasteiger partial charge >= 0.3 is 0 Å². The Kier molecular flexibility index (Phi) is 4.33. The van der Waals surface area contributed by atoms with Crippen LogP contribution in [0.3, 0.4) is 0 Å². The van der Waals surface area contributed by atoms with E-state index in [2.05, 4.69) is 50.3 Å². The van der Waals surface area contributed by atoms with Crippen LogP contribution in [0, 0.1) is 12.3 Å². The van der Waals surface area contributed by atoms with Crippen LogP contribution in [0.25, 0.3) is 16.2 Å². The highest BCUT2D eigenvalue weighted by Gasteiger charge is 2.06. The minimum absolute atomic E-state index is 0.890. The molecule has 98 valence electrons. The van der Waals surface area contributed by atoms with Crippen LogP contribution in [0.15, 0.2) is 35.9 Å². The molecule has 0 radical (unpaired) electrons. The molecule has 0 saturated carbocycles. The zero-order valence-corrected chi connectivity index (χ0v) is 12.5. The van der Waals surface area contributed by atoms with Crippen molar-refractivity contribution >= 4 is 33.7 Å². The fourth-order valence-corrected chi connectivity index (χ4v) is 3.16. The fraction of sp³-hybridized carbons (Fsp3) is 0.235. The first-order valence-electron chi connectivity index (χ1n) is 6.47. The van der Waals surface area contributed by atoms with Crippen molar-refractivity contribution in [3.05, 3.63) is 51.9 Å². The molecule has 1 heterocycles. The Balaban J connectivity index is 2.44. The molecule has 0 aliphatic rings. The van der Waals surface area contributed by atoms with E-state index in [1.165, 1.54) is 32.3 Å². The van der Waals surface area contributed by atoms with Gasteiger partial charge in [-0.25, -0.2) is 0 Å². The van der Waals surface area contributed by atoms with Gasteiger partial charge in [0.1, 0.15) is 0 Å². The Morgan fingerprint density at radius 1 is 1.37 bits per heavy atom. The molecular weight excluding hydrogens is 250 g/mol. The van der Waals surface area contributed by atoms with E-state index in [0.717, 1.165) is 12.0 Å². The highest BCUT2D eigenvalue weighted by atomic mass is 32.1. The van der Waals surface area contributed by atoms with E-state index in [1.54, 1.807) is 0 Å². The number of nitrogens with one attached hydrogen (secondary N) is 1. The van der Waals surface area contributed by atoms with Crippen molar-refractivity contribution in [2.24, 2.45) is 0 Å². The number of thiophene rings is 1. The van der Waals surface area contributed by atoms with Gasteiger partial charge in [-0.1, -0.05) is 24.3 Å². The fourth-order valence-electron chi connectivity index (χ4n) is 2.12. The molecule has 0 unspecified atom stereocenters. The molecule has 1 nitrogen and oxygen atoms in total. The minimum atomic E-state index is 0.890. The van der Waals surface area contributed by atoms with E-state index in [-0.39, 0.29) is 0 Å². The third-order valence-electron chi connectivity index (χ3n) is 3.20. The molecule has 0 atom stereocenters. The summed E-state index contributed by atoms with van der Waals surface area (Å²) in [5.41, 5.74) is 3.66. The summed E-state index contributed by atoms with van der Waals surface area (Å²) in [6, 6.07) is 6.68. The van der Waals surface area contributed by atoms with Crippen LogP contribution in [-0.4, -0.2) is 6.21 Å². The van der Waals surface area contributed by atoms with Gasteiger partial charge in [0, 0.05) is 21.2 Å². The van der Waals surface area contributed by atoms with E-state index in [0.29, 0.717) is 0 Å². The summed E-state index contributed by atoms with van der Waals surface area (Å²) in [6.45, 7) is 6.20. The molecule has 19 heavy (non-hydrogen) atoms. The standard InChI is InChI=1S/C17H19NS/c1-4-5-15-13(3)19-17-9-8-14(10-16(15)17)7-6-12(2)11-18/h4-6,8-11,18H,7H2,1-3H3/b5-4-,12-6-,18-11?. The summed E-state index contributed by atoms with van der Waals surface area (Å²) in [5.74, 6) is 0. The van der Waals surface area contributed by atoms with Crippen LogP contribution in [0.1, 0.15) is 29.9 Å². The van der Waals surface area contributed by atoms with Gasteiger partial charge in [0.25, 0.3) is 0 Å². The molecule has 0 spiro atoms. The summed E-state index contributed by atoms with van der Waals surface area (Å²) in [7, 11) is 0. The second kappa shape index (κ2) is 5.98. The minimum Gasteiger partial charge on any atom is -0.308 e.